The van der Waals surface area contributed by atoms with Crippen molar-refractivity contribution < 1.29 is 8.42 Å². The molecule has 0 radical (unpaired) electrons. The highest BCUT2D eigenvalue weighted by Crippen LogP contribution is 2.22. The van der Waals surface area contributed by atoms with E-state index >= 15 is 0 Å². The molecule has 88 valence electrons. The third-order valence-electron chi connectivity index (χ3n) is 3.13. The minimum Gasteiger partial charge on any atom is -0.313 e. The van der Waals surface area contributed by atoms with Crippen molar-refractivity contribution in [2.45, 2.75) is 36.0 Å². The zero-order valence-electron chi connectivity index (χ0n) is 9.39. The quantitative estimate of drug-likeness (QED) is 0.852. The first-order chi connectivity index (χ1) is 7.60. The van der Waals surface area contributed by atoms with Crippen LogP contribution < -0.4 is 5.32 Å². The van der Waals surface area contributed by atoms with Gasteiger partial charge in [0.2, 0.25) is 0 Å². The van der Waals surface area contributed by atoms with Crippen molar-refractivity contribution in [2.75, 3.05) is 6.54 Å². The summed E-state index contributed by atoms with van der Waals surface area (Å²) in [5.74, 6) is 0. The molecule has 1 aromatic carbocycles. The largest absolute Gasteiger partial charge is 0.313 e. The highest BCUT2D eigenvalue weighted by Gasteiger charge is 2.30. The van der Waals surface area contributed by atoms with Gasteiger partial charge >= 0.3 is 0 Å². The lowest BCUT2D eigenvalue weighted by atomic mass is 10.1. The molecule has 1 aliphatic heterocycles. The fourth-order valence-corrected chi connectivity index (χ4v) is 3.72. The topological polar surface area (TPSA) is 46.2 Å². The SMILES string of the molecule is CC1CCC(S(=O)(=O)c2ccccc2)CN1. The monoisotopic (exact) mass is 239 g/mol. The molecule has 2 atom stereocenters. The van der Waals surface area contributed by atoms with E-state index < -0.39 is 9.84 Å². The van der Waals surface area contributed by atoms with Crippen LogP contribution in [0.2, 0.25) is 0 Å². The van der Waals surface area contributed by atoms with Gasteiger partial charge in [-0.25, -0.2) is 8.42 Å². The molecule has 3 nitrogen and oxygen atoms in total. The number of piperidine rings is 1. The third kappa shape index (κ3) is 2.28. The Morgan fingerprint density at radius 2 is 1.88 bits per heavy atom. The first kappa shape index (κ1) is 11.6. The molecule has 0 aromatic heterocycles. The van der Waals surface area contributed by atoms with Gasteiger partial charge in [0, 0.05) is 12.6 Å². The predicted octanol–water partition coefficient (Wildman–Crippen LogP) is 1.60. The average Bonchev–Trinajstić information content (AvgIpc) is 2.31. The molecule has 0 aliphatic carbocycles. The van der Waals surface area contributed by atoms with E-state index in [0.29, 0.717) is 17.5 Å². The first-order valence-corrected chi connectivity index (χ1v) is 7.17. The Balaban J connectivity index is 2.20. The summed E-state index contributed by atoms with van der Waals surface area (Å²) in [6.45, 7) is 2.66. The maximum atomic E-state index is 12.3. The van der Waals surface area contributed by atoms with E-state index in [9.17, 15) is 8.42 Å². The van der Waals surface area contributed by atoms with Crippen LogP contribution in [0.5, 0.6) is 0 Å². The Morgan fingerprint density at radius 1 is 1.19 bits per heavy atom. The van der Waals surface area contributed by atoms with Crippen LogP contribution in [0.3, 0.4) is 0 Å². The van der Waals surface area contributed by atoms with Crippen molar-refractivity contribution in [2.24, 2.45) is 0 Å². The molecule has 0 spiro atoms. The van der Waals surface area contributed by atoms with Gasteiger partial charge in [0.05, 0.1) is 10.1 Å². The summed E-state index contributed by atoms with van der Waals surface area (Å²) in [6.07, 6.45) is 1.68. The highest BCUT2D eigenvalue weighted by molar-refractivity contribution is 7.92. The summed E-state index contributed by atoms with van der Waals surface area (Å²) in [4.78, 5) is 0.441. The molecule has 4 heteroatoms. The lowest BCUT2D eigenvalue weighted by Gasteiger charge is -2.27. The summed E-state index contributed by atoms with van der Waals surface area (Å²) < 4.78 is 24.5. The van der Waals surface area contributed by atoms with Gasteiger partial charge in [-0.15, -0.1) is 0 Å². The Hall–Kier alpha value is -0.870. The van der Waals surface area contributed by atoms with Gasteiger partial charge < -0.3 is 5.32 Å². The molecule has 1 N–H and O–H groups in total. The maximum Gasteiger partial charge on any atom is 0.182 e. The number of hydrogen-bond acceptors (Lipinski definition) is 3. The van der Waals surface area contributed by atoms with E-state index in [4.69, 9.17) is 0 Å². The van der Waals surface area contributed by atoms with Crippen molar-refractivity contribution in [1.82, 2.24) is 5.32 Å². The van der Waals surface area contributed by atoms with Crippen LogP contribution in [0.25, 0.3) is 0 Å². The lowest BCUT2D eigenvalue weighted by Crippen LogP contribution is -2.43. The van der Waals surface area contributed by atoms with Crippen LogP contribution in [0, 0.1) is 0 Å². The van der Waals surface area contributed by atoms with Crippen molar-refractivity contribution in [1.29, 1.82) is 0 Å². The fourth-order valence-electron chi connectivity index (χ4n) is 2.04. The molecule has 16 heavy (non-hydrogen) atoms. The second kappa shape index (κ2) is 4.55. The van der Waals surface area contributed by atoms with Crippen LogP contribution in [0.1, 0.15) is 19.8 Å². The molecule has 1 aliphatic rings. The van der Waals surface area contributed by atoms with E-state index in [2.05, 4.69) is 12.2 Å². The molecule has 2 unspecified atom stereocenters. The van der Waals surface area contributed by atoms with Crippen LogP contribution in [0.15, 0.2) is 35.2 Å². The third-order valence-corrected chi connectivity index (χ3v) is 5.34. The van der Waals surface area contributed by atoms with Crippen LogP contribution in [-0.2, 0) is 9.84 Å². The zero-order chi connectivity index (χ0) is 11.6. The average molecular weight is 239 g/mol. The Kier molecular flexibility index (Phi) is 3.30. The number of sulfone groups is 1. The molecule has 0 saturated carbocycles. The number of benzene rings is 1. The van der Waals surface area contributed by atoms with Crippen LogP contribution >= 0.6 is 0 Å². The molecule has 1 heterocycles. The van der Waals surface area contributed by atoms with Crippen molar-refractivity contribution >= 4 is 9.84 Å². The van der Waals surface area contributed by atoms with Gasteiger partial charge in [0.25, 0.3) is 0 Å². The Labute approximate surface area is 96.8 Å². The summed E-state index contributed by atoms with van der Waals surface area (Å²) in [7, 11) is -3.15. The van der Waals surface area contributed by atoms with E-state index in [1.165, 1.54) is 0 Å². The highest BCUT2D eigenvalue weighted by atomic mass is 32.2. The van der Waals surface area contributed by atoms with Crippen molar-refractivity contribution in [3.8, 4) is 0 Å². The van der Waals surface area contributed by atoms with Gasteiger partial charge in [-0.2, -0.15) is 0 Å². The number of nitrogens with one attached hydrogen (secondary N) is 1. The smallest absolute Gasteiger partial charge is 0.182 e. The van der Waals surface area contributed by atoms with Crippen LogP contribution in [-0.4, -0.2) is 26.3 Å². The minimum absolute atomic E-state index is 0.272. The second-order valence-electron chi connectivity index (χ2n) is 4.37. The van der Waals surface area contributed by atoms with E-state index in [-0.39, 0.29) is 5.25 Å². The van der Waals surface area contributed by atoms with Crippen LogP contribution in [0.4, 0.5) is 0 Å². The van der Waals surface area contributed by atoms with Crippen molar-refractivity contribution in [3.05, 3.63) is 30.3 Å². The molecular formula is C12H17NO2S. The Bertz CT molecular complexity index is 433. The molecule has 1 fully saturated rings. The van der Waals surface area contributed by atoms with Gasteiger partial charge in [0.15, 0.2) is 9.84 Å². The standard InChI is InChI=1S/C12H17NO2S/c1-10-7-8-12(9-13-10)16(14,15)11-5-3-2-4-6-11/h2-6,10,12-13H,7-9H2,1H3. The number of hydrogen-bond donors (Lipinski definition) is 1. The molecule has 2 rings (SSSR count). The van der Waals surface area contributed by atoms with E-state index in [1.807, 2.05) is 6.07 Å². The fraction of sp³-hybridized carbons (Fsp3) is 0.500. The summed E-state index contributed by atoms with van der Waals surface area (Å²) in [5, 5.41) is 2.96. The zero-order valence-corrected chi connectivity index (χ0v) is 10.2. The van der Waals surface area contributed by atoms with E-state index in [1.54, 1.807) is 24.3 Å². The normalized spacial score (nSPS) is 26.6. The Morgan fingerprint density at radius 3 is 2.44 bits per heavy atom. The molecule has 0 amide bonds. The number of rotatable bonds is 2. The van der Waals surface area contributed by atoms with Gasteiger partial charge in [-0.05, 0) is 31.9 Å². The van der Waals surface area contributed by atoms with Crippen molar-refractivity contribution in [3.63, 3.8) is 0 Å². The van der Waals surface area contributed by atoms with Gasteiger partial charge in [0.1, 0.15) is 0 Å². The summed E-state index contributed by atoms with van der Waals surface area (Å²) in [5.41, 5.74) is 0. The van der Waals surface area contributed by atoms with Gasteiger partial charge in [-0.3, -0.25) is 0 Å². The predicted molar refractivity (Wildman–Crippen MR) is 64.1 cm³/mol. The maximum absolute atomic E-state index is 12.3. The summed E-state index contributed by atoms with van der Waals surface area (Å²) >= 11 is 0. The van der Waals surface area contributed by atoms with Gasteiger partial charge in [-0.1, -0.05) is 18.2 Å². The minimum atomic E-state index is -3.15. The molecule has 1 aromatic rings. The molecule has 1 saturated heterocycles. The molecule has 0 bridgehead atoms. The first-order valence-electron chi connectivity index (χ1n) is 5.63. The molecular weight excluding hydrogens is 222 g/mol. The van der Waals surface area contributed by atoms with E-state index in [0.717, 1.165) is 12.8 Å². The summed E-state index contributed by atoms with van der Waals surface area (Å²) in [6, 6.07) is 9.15. The second-order valence-corrected chi connectivity index (χ2v) is 6.59. The lowest BCUT2D eigenvalue weighted by molar-refractivity contribution is 0.419.